The zero-order valence-electron chi connectivity index (χ0n) is 6.72. The highest BCUT2D eigenvalue weighted by Crippen LogP contribution is 2.17. The first-order chi connectivity index (χ1) is 6.01. The van der Waals surface area contributed by atoms with Crippen LogP contribution in [0.1, 0.15) is 5.01 Å². The molecule has 0 spiro atoms. The van der Waals surface area contributed by atoms with Crippen LogP contribution in [0.3, 0.4) is 0 Å². The summed E-state index contributed by atoms with van der Waals surface area (Å²) in [7, 11) is -3.07. The molecule has 0 aliphatic carbocycles. The van der Waals surface area contributed by atoms with Crippen LogP contribution in [0, 0.1) is 0 Å². The van der Waals surface area contributed by atoms with E-state index >= 15 is 0 Å². The van der Waals surface area contributed by atoms with Crippen molar-refractivity contribution in [2.24, 2.45) is 4.99 Å². The van der Waals surface area contributed by atoms with Gasteiger partial charge in [-0.25, -0.2) is 18.2 Å². The molecule has 0 unspecified atom stereocenters. The maximum absolute atomic E-state index is 10.8. The lowest BCUT2D eigenvalue weighted by Crippen LogP contribution is -1.99. The monoisotopic (exact) mass is 218 g/mol. The maximum atomic E-state index is 10.8. The maximum Gasteiger partial charge on any atom is 0.242 e. The van der Waals surface area contributed by atoms with Crippen LogP contribution >= 0.6 is 11.3 Å². The molecular weight excluding hydrogens is 212 g/mol. The Morgan fingerprint density at radius 1 is 1.69 bits per heavy atom. The first-order valence-electron chi connectivity index (χ1n) is 3.21. The van der Waals surface area contributed by atoms with E-state index in [2.05, 4.69) is 9.98 Å². The minimum Gasteiger partial charge on any atom is -0.229 e. The summed E-state index contributed by atoms with van der Waals surface area (Å²) in [5.41, 5.74) is 0. The third-order valence-corrected chi connectivity index (χ3v) is 2.90. The Bertz CT molecular complexity index is 442. The third kappa shape index (κ3) is 3.45. The Morgan fingerprint density at radius 2 is 2.38 bits per heavy atom. The van der Waals surface area contributed by atoms with E-state index < -0.39 is 9.84 Å². The van der Waals surface area contributed by atoms with E-state index in [1.165, 1.54) is 11.5 Å². The van der Waals surface area contributed by atoms with E-state index in [4.69, 9.17) is 0 Å². The quantitative estimate of drug-likeness (QED) is 0.551. The molecule has 0 bridgehead atoms. The minimum atomic E-state index is -3.07. The molecule has 13 heavy (non-hydrogen) atoms. The molecule has 1 aromatic heterocycles. The first kappa shape index (κ1) is 10.0. The Balaban J connectivity index is 2.87. The van der Waals surface area contributed by atoms with Crippen LogP contribution in [0.2, 0.25) is 0 Å². The normalized spacial score (nSPS) is 10.8. The molecule has 1 aromatic rings. The van der Waals surface area contributed by atoms with Crippen LogP contribution in [0.5, 0.6) is 0 Å². The molecule has 0 N–H and O–H groups in total. The van der Waals surface area contributed by atoms with Gasteiger partial charge in [0, 0.05) is 11.6 Å². The third-order valence-electron chi connectivity index (χ3n) is 1.09. The highest BCUT2D eigenvalue weighted by molar-refractivity contribution is 7.90. The number of sulfone groups is 1. The number of aliphatic imine (C=N–C) groups is 1. The second kappa shape index (κ2) is 3.78. The van der Waals surface area contributed by atoms with Gasteiger partial charge in [-0.3, -0.25) is 0 Å². The van der Waals surface area contributed by atoms with E-state index in [-0.39, 0.29) is 11.6 Å². The Morgan fingerprint density at radius 3 is 2.92 bits per heavy atom. The summed E-state index contributed by atoms with van der Waals surface area (Å²) in [6, 6.07) is 0. The van der Waals surface area contributed by atoms with Gasteiger partial charge in [-0.15, -0.1) is 16.3 Å². The molecule has 0 radical (unpaired) electrons. The van der Waals surface area contributed by atoms with Crippen LogP contribution < -0.4 is 0 Å². The molecular formula is C6H6N2O3S2. The van der Waals surface area contributed by atoms with Gasteiger partial charge < -0.3 is 0 Å². The van der Waals surface area contributed by atoms with Gasteiger partial charge in [0.25, 0.3) is 0 Å². The summed E-state index contributed by atoms with van der Waals surface area (Å²) in [6.45, 7) is 0. The van der Waals surface area contributed by atoms with Gasteiger partial charge in [0.2, 0.25) is 6.08 Å². The van der Waals surface area contributed by atoms with Crippen LogP contribution in [0.15, 0.2) is 10.4 Å². The number of nitrogens with zero attached hydrogens (tertiary/aromatic N) is 2. The van der Waals surface area contributed by atoms with Crippen molar-refractivity contribution in [3.63, 3.8) is 0 Å². The highest BCUT2D eigenvalue weighted by Gasteiger charge is 2.08. The lowest BCUT2D eigenvalue weighted by Gasteiger charge is -1.90. The fourth-order valence-corrected chi connectivity index (χ4v) is 2.61. The zero-order valence-corrected chi connectivity index (χ0v) is 8.35. The topological polar surface area (TPSA) is 76.5 Å². The molecule has 0 aliphatic rings. The average Bonchev–Trinajstić information content (AvgIpc) is 2.33. The molecule has 1 rings (SSSR count). The zero-order chi connectivity index (χ0) is 9.90. The van der Waals surface area contributed by atoms with Crippen molar-refractivity contribution in [2.75, 3.05) is 6.26 Å². The standard InChI is InChI=1S/C6H6N2O3S2/c1-13(10,11)3-6-8-5(2-12-6)7-4-9/h2H,3H2,1H3. The van der Waals surface area contributed by atoms with Gasteiger partial charge in [0.1, 0.15) is 10.8 Å². The highest BCUT2D eigenvalue weighted by atomic mass is 32.2. The van der Waals surface area contributed by atoms with E-state index in [9.17, 15) is 13.2 Å². The Kier molecular flexibility index (Phi) is 2.92. The fraction of sp³-hybridized carbons (Fsp3) is 0.333. The van der Waals surface area contributed by atoms with E-state index in [0.717, 1.165) is 17.6 Å². The van der Waals surface area contributed by atoms with E-state index in [1.807, 2.05) is 0 Å². The summed E-state index contributed by atoms with van der Waals surface area (Å²) in [4.78, 5) is 16.9. The molecule has 0 fully saturated rings. The predicted octanol–water partition coefficient (Wildman–Crippen LogP) is 0.655. The van der Waals surface area contributed by atoms with Crippen molar-refractivity contribution >= 4 is 33.1 Å². The first-order valence-corrected chi connectivity index (χ1v) is 6.15. The van der Waals surface area contributed by atoms with Gasteiger partial charge in [-0.05, 0) is 0 Å². The molecule has 0 saturated heterocycles. The molecule has 0 aromatic carbocycles. The van der Waals surface area contributed by atoms with Crippen molar-refractivity contribution in [1.29, 1.82) is 0 Å². The summed E-state index contributed by atoms with van der Waals surface area (Å²) in [6.07, 6.45) is 2.45. The fourth-order valence-electron chi connectivity index (χ4n) is 0.690. The SMILES string of the molecule is CS(=O)(=O)Cc1nc(N=C=O)cs1. The second-order valence-corrected chi connectivity index (χ2v) is 5.46. The van der Waals surface area contributed by atoms with Gasteiger partial charge in [-0.1, -0.05) is 0 Å². The summed E-state index contributed by atoms with van der Waals surface area (Å²) < 4.78 is 21.7. The van der Waals surface area contributed by atoms with E-state index in [0.29, 0.717) is 5.01 Å². The molecule has 0 saturated carbocycles. The number of rotatable bonds is 3. The minimum absolute atomic E-state index is 0.119. The van der Waals surface area contributed by atoms with Gasteiger partial charge in [0.15, 0.2) is 15.7 Å². The average molecular weight is 218 g/mol. The molecule has 0 atom stereocenters. The smallest absolute Gasteiger partial charge is 0.229 e. The van der Waals surface area contributed by atoms with Crippen LogP contribution in [0.25, 0.3) is 0 Å². The molecule has 7 heteroatoms. The van der Waals surface area contributed by atoms with Gasteiger partial charge in [-0.2, -0.15) is 0 Å². The summed E-state index contributed by atoms with van der Waals surface area (Å²) in [5, 5.41) is 1.93. The number of hydrogen-bond acceptors (Lipinski definition) is 6. The largest absolute Gasteiger partial charge is 0.242 e. The Hall–Kier alpha value is -1.04. The van der Waals surface area contributed by atoms with Crippen molar-refractivity contribution in [1.82, 2.24) is 4.98 Å². The van der Waals surface area contributed by atoms with Crippen LogP contribution in [-0.4, -0.2) is 25.7 Å². The van der Waals surface area contributed by atoms with Gasteiger partial charge in [0.05, 0.1) is 0 Å². The molecule has 0 amide bonds. The number of thiazole rings is 1. The predicted molar refractivity (Wildman–Crippen MR) is 48.4 cm³/mol. The van der Waals surface area contributed by atoms with Crippen molar-refractivity contribution < 1.29 is 13.2 Å². The molecule has 1 heterocycles. The lowest BCUT2D eigenvalue weighted by molar-refractivity contribution is 0.565. The lowest BCUT2D eigenvalue weighted by atomic mass is 10.7. The second-order valence-electron chi connectivity index (χ2n) is 2.37. The Labute approximate surface area is 79.1 Å². The molecule has 0 aliphatic heterocycles. The van der Waals surface area contributed by atoms with E-state index in [1.54, 1.807) is 0 Å². The number of carbonyl (C=O) groups excluding carboxylic acids is 1. The van der Waals surface area contributed by atoms with Crippen LogP contribution in [0.4, 0.5) is 5.82 Å². The molecule has 5 nitrogen and oxygen atoms in total. The van der Waals surface area contributed by atoms with Crippen LogP contribution in [-0.2, 0) is 20.4 Å². The number of isocyanates is 1. The number of aromatic nitrogens is 1. The number of hydrogen-bond donors (Lipinski definition) is 0. The summed E-state index contributed by atoms with van der Waals surface area (Å²) in [5.74, 6) is 0.0881. The van der Waals surface area contributed by atoms with Crippen molar-refractivity contribution in [3.8, 4) is 0 Å². The van der Waals surface area contributed by atoms with Crippen molar-refractivity contribution in [3.05, 3.63) is 10.4 Å². The molecule has 70 valence electrons. The van der Waals surface area contributed by atoms with Gasteiger partial charge >= 0.3 is 0 Å². The summed E-state index contributed by atoms with van der Waals surface area (Å²) >= 11 is 1.15. The van der Waals surface area contributed by atoms with Crippen molar-refractivity contribution in [2.45, 2.75) is 5.75 Å².